The molecule has 20 heavy (non-hydrogen) atoms. The lowest BCUT2D eigenvalue weighted by Crippen LogP contribution is -2.06. The van der Waals surface area contributed by atoms with Crippen molar-refractivity contribution in [3.05, 3.63) is 51.4 Å². The number of fused-ring (bicyclic) bond motifs is 1. The zero-order valence-corrected chi connectivity index (χ0v) is 13.8. The van der Waals surface area contributed by atoms with Gasteiger partial charge in [0.1, 0.15) is 5.82 Å². The molecule has 6 heteroatoms. The molecule has 2 heterocycles. The third-order valence-corrected chi connectivity index (χ3v) is 3.97. The largest absolute Gasteiger partial charge is 0.321 e. The highest BCUT2D eigenvalue weighted by Crippen LogP contribution is 2.21. The maximum Gasteiger partial charge on any atom is 0.125 e. The Kier molecular flexibility index (Phi) is 3.89. The molecule has 0 saturated heterocycles. The van der Waals surface area contributed by atoms with Crippen molar-refractivity contribution < 1.29 is 0 Å². The molecular formula is C14H12ClIN4. The average Bonchev–Trinajstić information content (AvgIpc) is 2.78. The number of halogens is 2. The van der Waals surface area contributed by atoms with Gasteiger partial charge in [0.2, 0.25) is 0 Å². The second-order valence-corrected chi connectivity index (χ2v) is 6.04. The van der Waals surface area contributed by atoms with Gasteiger partial charge in [-0.05, 0) is 47.7 Å². The summed E-state index contributed by atoms with van der Waals surface area (Å²) in [5.74, 6) is 1.23. The van der Waals surface area contributed by atoms with Gasteiger partial charge in [-0.3, -0.25) is 9.97 Å². The van der Waals surface area contributed by atoms with Crippen molar-refractivity contribution >= 4 is 45.2 Å². The lowest BCUT2D eigenvalue weighted by molar-refractivity contribution is 0.751. The van der Waals surface area contributed by atoms with E-state index in [4.69, 9.17) is 11.6 Å². The fraction of sp³-hybridized carbons (Fsp3) is 0.214. The molecule has 3 rings (SSSR count). The van der Waals surface area contributed by atoms with Gasteiger partial charge in [0.25, 0.3) is 0 Å². The molecule has 0 aliphatic carbocycles. The van der Waals surface area contributed by atoms with Crippen LogP contribution in [-0.2, 0) is 12.4 Å². The number of aryl methyl sites for hydroxylation is 1. The van der Waals surface area contributed by atoms with Crippen molar-refractivity contribution in [2.24, 2.45) is 0 Å². The van der Waals surface area contributed by atoms with Crippen LogP contribution in [0, 0.1) is 10.5 Å². The summed E-state index contributed by atoms with van der Waals surface area (Å²) in [4.78, 5) is 13.3. The summed E-state index contributed by atoms with van der Waals surface area (Å²) < 4.78 is 3.26. The standard InChI is InChI=1S/C14H12ClIN4/c1-9-6-18-11(7-17-9)8-20-13-3-2-10(16)4-12(13)19-14(20)5-15/h2-4,6-7H,5,8H2,1H3. The van der Waals surface area contributed by atoms with Gasteiger partial charge in [-0.1, -0.05) is 0 Å². The van der Waals surface area contributed by atoms with Crippen LogP contribution in [0.1, 0.15) is 17.2 Å². The number of hydrogen-bond donors (Lipinski definition) is 0. The molecule has 0 spiro atoms. The van der Waals surface area contributed by atoms with Crippen LogP contribution in [0.4, 0.5) is 0 Å². The van der Waals surface area contributed by atoms with E-state index in [1.165, 1.54) is 0 Å². The number of nitrogens with zero attached hydrogens (tertiary/aromatic N) is 4. The third kappa shape index (κ3) is 2.64. The molecule has 0 aliphatic heterocycles. The molecule has 0 atom stereocenters. The van der Waals surface area contributed by atoms with Gasteiger partial charge in [-0.15, -0.1) is 11.6 Å². The van der Waals surface area contributed by atoms with Crippen LogP contribution in [0.2, 0.25) is 0 Å². The summed E-state index contributed by atoms with van der Waals surface area (Å²) >= 11 is 8.30. The first-order valence-electron chi connectivity index (χ1n) is 6.15. The summed E-state index contributed by atoms with van der Waals surface area (Å²) in [6.07, 6.45) is 3.57. The van der Waals surface area contributed by atoms with Crippen LogP contribution in [0.3, 0.4) is 0 Å². The predicted octanol–water partition coefficient (Wildman–Crippen LogP) is 3.53. The molecule has 0 unspecified atom stereocenters. The Morgan fingerprint density at radius 3 is 2.80 bits per heavy atom. The smallest absolute Gasteiger partial charge is 0.125 e. The molecule has 0 saturated carbocycles. The van der Waals surface area contributed by atoms with E-state index in [0.717, 1.165) is 31.8 Å². The van der Waals surface area contributed by atoms with Crippen LogP contribution in [0.15, 0.2) is 30.6 Å². The lowest BCUT2D eigenvalue weighted by Gasteiger charge is -2.07. The van der Waals surface area contributed by atoms with E-state index < -0.39 is 0 Å². The van der Waals surface area contributed by atoms with Crippen molar-refractivity contribution in [1.82, 2.24) is 19.5 Å². The van der Waals surface area contributed by atoms with Gasteiger partial charge in [0.05, 0.1) is 41.0 Å². The summed E-state index contributed by atoms with van der Waals surface area (Å²) in [7, 11) is 0. The average molecular weight is 399 g/mol. The number of alkyl halides is 1. The summed E-state index contributed by atoms with van der Waals surface area (Å²) in [5, 5.41) is 0. The molecule has 4 nitrogen and oxygen atoms in total. The first kappa shape index (κ1) is 13.8. The molecular weight excluding hydrogens is 387 g/mol. The Bertz CT molecular complexity index is 752. The molecule has 2 aromatic heterocycles. The minimum Gasteiger partial charge on any atom is -0.321 e. The molecule has 1 aromatic carbocycles. The van der Waals surface area contributed by atoms with E-state index in [0.29, 0.717) is 12.4 Å². The van der Waals surface area contributed by atoms with E-state index in [1.54, 1.807) is 12.4 Å². The van der Waals surface area contributed by atoms with Crippen molar-refractivity contribution in [1.29, 1.82) is 0 Å². The van der Waals surface area contributed by atoms with E-state index in [-0.39, 0.29) is 0 Å². The van der Waals surface area contributed by atoms with Gasteiger partial charge in [-0.25, -0.2) is 4.98 Å². The number of imidazole rings is 1. The van der Waals surface area contributed by atoms with Crippen LogP contribution in [-0.4, -0.2) is 19.5 Å². The Morgan fingerprint density at radius 2 is 2.10 bits per heavy atom. The molecule has 3 aromatic rings. The Hall–Kier alpha value is -1.21. The first-order chi connectivity index (χ1) is 9.67. The molecule has 0 N–H and O–H groups in total. The van der Waals surface area contributed by atoms with Gasteiger partial charge >= 0.3 is 0 Å². The molecule has 0 aliphatic rings. The predicted molar refractivity (Wildman–Crippen MR) is 87.9 cm³/mol. The van der Waals surface area contributed by atoms with E-state index in [1.807, 2.05) is 6.92 Å². The van der Waals surface area contributed by atoms with Gasteiger partial charge in [0.15, 0.2) is 0 Å². The zero-order valence-electron chi connectivity index (χ0n) is 10.8. The molecule has 0 fully saturated rings. The lowest BCUT2D eigenvalue weighted by atomic mass is 10.3. The quantitative estimate of drug-likeness (QED) is 0.501. The highest BCUT2D eigenvalue weighted by atomic mass is 127. The highest BCUT2D eigenvalue weighted by molar-refractivity contribution is 14.1. The zero-order chi connectivity index (χ0) is 14.1. The molecule has 102 valence electrons. The maximum absolute atomic E-state index is 6.01. The molecule has 0 radical (unpaired) electrons. The summed E-state index contributed by atoms with van der Waals surface area (Å²) in [6.45, 7) is 2.56. The topological polar surface area (TPSA) is 43.6 Å². The fourth-order valence-electron chi connectivity index (χ4n) is 2.09. The van der Waals surface area contributed by atoms with E-state index in [2.05, 4.69) is 60.3 Å². The Labute approximate surface area is 135 Å². The molecule has 0 bridgehead atoms. The van der Waals surface area contributed by atoms with Crippen molar-refractivity contribution in [3.8, 4) is 0 Å². The monoisotopic (exact) mass is 398 g/mol. The van der Waals surface area contributed by atoms with Gasteiger partial charge < -0.3 is 4.57 Å². The van der Waals surface area contributed by atoms with Crippen molar-refractivity contribution in [2.75, 3.05) is 0 Å². The van der Waals surface area contributed by atoms with Gasteiger partial charge in [0, 0.05) is 9.77 Å². The van der Waals surface area contributed by atoms with E-state index in [9.17, 15) is 0 Å². The second kappa shape index (κ2) is 5.65. The Morgan fingerprint density at radius 1 is 1.25 bits per heavy atom. The summed E-state index contributed by atoms with van der Waals surface area (Å²) in [5.41, 5.74) is 3.85. The highest BCUT2D eigenvalue weighted by Gasteiger charge is 2.11. The number of benzene rings is 1. The van der Waals surface area contributed by atoms with Crippen molar-refractivity contribution in [2.45, 2.75) is 19.3 Å². The molecule has 0 amide bonds. The minimum absolute atomic E-state index is 0.380. The minimum atomic E-state index is 0.380. The summed E-state index contributed by atoms with van der Waals surface area (Å²) in [6, 6.07) is 6.20. The maximum atomic E-state index is 6.01. The fourth-order valence-corrected chi connectivity index (χ4v) is 2.77. The SMILES string of the molecule is Cc1cnc(Cn2c(CCl)nc3cc(I)ccc32)cn1. The normalized spacial score (nSPS) is 11.2. The Balaban J connectivity index is 2.07. The van der Waals surface area contributed by atoms with Crippen LogP contribution in [0.5, 0.6) is 0 Å². The third-order valence-electron chi connectivity index (χ3n) is 3.06. The van der Waals surface area contributed by atoms with Gasteiger partial charge in [-0.2, -0.15) is 0 Å². The number of rotatable bonds is 3. The van der Waals surface area contributed by atoms with Crippen LogP contribution >= 0.6 is 34.2 Å². The second-order valence-electron chi connectivity index (χ2n) is 4.53. The first-order valence-corrected chi connectivity index (χ1v) is 7.77. The number of aromatic nitrogens is 4. The van der Waals surface area contributed by atoms with E-state index >= 15 is 0 Å². The van der Waals surface area contributed by atoms with Crippen LogP contribution in [0.25, 0.3) is 11.0 Å². The van der Waals surface area contributed by atoms with Crippen LogP contribution < -0.4 is 0 Å². The number of hydrogen-bond acceptors (Lipinski definition) is 3. The van der Waals surface area contributed by atoms with Crippen molar-refractivity contribution in [3.63, 3.8) is 0 Å².